The lowest BCUT2D eigenvalue weighted by Gasteiger charge is -2.32. The van der Waals surface area contributed by atoms with Crippen LogP contribution >= 0.6 is 0 Å². The van der Waals surface area contributed by atoms with Gasteiger partial charge in [0.2, 0.25) is 11.7 Å². The van der Waals surface area contributed by atoms with Crippen LogP contribution < -0.4 is 10.1 Å². The number of hydrogen-bond acceptors (Lipinski definition) is 9. The van der Waals surface area contributed by atoms with Gasteiger partial charge in [0.15, 0.2) is 6.04 Å². The highest BCUT2D eigenvalue weighted by molar-refractivity contribution is 5.88. The van der Waals surface area contributed by atoms with Crippen LogP contribution in [0.4, 0.5) is 0 Å². The van der Waals surface area contributed by atoms with Crippen molar-refractivity contribution >= 4 is 11.8 Å². The standard InChI is InChI=1S/C29H39N7O5/c1-21-8-13-25(41-21)27(29(38)30-23-6-3-4-7-23)35(15-5-14-34-16-18-40-19-17-34)26(37)20-36-32-28(31-33-36)22-9-11-24(39-2)12-10-22/h8-13,23,27H,3-7,14-20H2,1-2H3,(H,30,38)/t27-/m1/s1. The van der Waals surface area contributed by atoms with E-state index < -0.39 is 6.04 Å². The highest BCUT2D eigenvalue weighted by Crippen LogP contribution is 2.27. The van der Waals surface area contributed by atoms with Gasteiger partial charge in [-0.25, -0.2) is 0 Å². The molecule has 1 saturated carbocycles. The maximum atomic E-state index is 13.9. The third-order valence-electron chi connectivity index (χ3n) is 7.67. The minimum atomic E-state index is -0.897. The number of hydrogen-bond donors (Lipinski definition) is 1. The number of nitrogens with one attached hydrogen (secondary N) is 1. The van der Waals surface area contributed by atoms with Crippen molar-refractivity contribution in [3.63, 3.8) is 0 Å². The van der Waals surface area contributed by atoms with Crippen LogP contribution in [0.1, 0.15) is 49.7 Å². The number of furan rings is 1. The lowest BCUT2D eigenvalue weighted by atomic mass is 10.1. The zero-order chi connectivity index (χ0) is 28.6. The summed E-state index contributed by atoms with van der Waals surface area (Å²) in [4.78, 5) is 32.9. The summed E-state index contributed by atoms with van der Waals surface area (Å²) in [6, 6.07) is 10.1. The van der Waals surface area contributed by atoms with E-state index in [-0.39, 0.29) is 24.4 Å². The Balaban J connectivity index is 1.36. The first-order chi connectivity index (χ1) is 20.0. The van der Waals surface area contributed by atoms with E-state index in [4.69, 9.17) is 13.9 Å². The summed E-state index contributed by atoms with van der Waals surface area (Å²) >= 11 is 0. The number of amides is 2. The first-order valence-electron chi connectivity index (χ1n) is 14.4. The molecule has 0 radical (unpaired) electrons. The average molecular weight is 566 g/mol. The van der Waals surface area contributed by atoms with Crippen LogP contribution in [0.15, 0.2) is 40.8 Å². The van der Waals surface area contributed by atoms with Gasteiger partial charge in [0.1, 0.15) is 23.8 Å². The van der Waals surface area contributed by atoms with Crippen molar-refractivity contribution in [1.82, 2.24) is 35.3 Å². The summed E-state index contributed by atoms with van der Waals surface area (Å²) in [7, 11) is 1.60. The minimum absolute atomic E-state index is 0.107. The Morgan fingerprint density at radius 2 is 1.88 bits per heavy atom. The fraction of sp³-hybridized carbons (Fsp3) is 0.552. The van der Waals surface area contributed by atoms with E-state index in [1.165, 1.54) is 4.80 Å². The van der Waals surface area contributed by atoms with E-state index in [1.807, 2.05) is 37.3 Å². The summed E-state index contributed by atoms with van der Waals surface area (Å²) in [6.45, 7) is 5.96. The number of carbonyl (C=O) groups is 2. The van der Waals surface area contributed by atoms with Gasteiger partial charge in [0.25, 0.3) is 5.91 Å². The lowest BCUT2D eigenvalue weighted by molar-refractivity contribution is -0.142. The van der Waals surface area contributed by atoms with Gasteiger partial charge in [0.05, 0.1) is 20.3 Å². The summed E-state index contributed by atoms with van der Waals surface area (Å²) in [5.41, 5.74) is 0.756. The van der Waals surface area contributed by atoms with Crippen molar-refractivity contribution < 1.29 is 23.5 Å². The molecule has 1 saturated heterocycles. The topological polar surface area (TPSA) is 128 Å². The van der Waals surface area contributed by atoms with Crippen molar-refractivity contribution in [3.05, 3.63) is 47.9 Å². The van der Waals surface area contributed by atoms with E-state index in [2.05, 4.69) is 25.6 Å². The van der Waals surface area contributed by atoms with Gasteiger partial charge >= 0.3 is 0 Å². The third kappa shape index (κ3) is 7.50. The molecule has 1 atom stereocenters. The average Bonchev–Trinajstić information content (AvgIpc) is 3.76. The molecule has 12 nitrogen and oxygen atoms in total. The second-order valence-electron chi connectivity index (χ2n) is 10.6. The molecule has 5 rings (SSSR count). The number of aryl methyl sites for hydroxylation is 1. The molecule has 2 aliphatic rings. The molecule has 1 aromatic carbocycles. The van der Waals surface area contributed by atoms with Gasteiger partial charge in [-0.3, -0.25) is 14.5 Å². The number of carbonyl (C=O) groups excluding carboxylic acids is 2. The monoisotopic (exact) mass is 565 g/mol. The number of rotatable bonds is 12. The molecule has 1 aliphatic carbocycles. The molecular formula is C29H39N7O5. The quantitative estimate of drug-likeness (QED) is 0.352. The van der Waals surface area contributed by atoms with Crippen LogP contribution in [-0.4, -0.2) is 94.4 Å². The largest absolute Gasteiger partial charge is 0.497 e. The number of ether oxygens (including phenoxy) is 2. The summed E-state index contributed by atoms with van der Waals surface area (Å²) in [5, 5.41) is 15.9. The van der Waals surface area contributed by atoms with Crippen molar-refractivity contribution in [2.75, 3.05) is 46.5 Å². The Labute approximate surface area is 240 Å². The maximum absolute atomic E-state index is 13.9. The predicted molar refractivity (Wildman–Crippen MR) is 150 cm³/mol. The third-order valence-corrected chi connectivity index (χ3v) is 7.67. The number of morpholine rings is 1. The smallest absolute Gasteiger partial charge is 0.250 e. The molecule has 3 heterocycles. The Hall–Kier alpha value is -3.77. The summed E-state index contributed by atoms with van der Waals surface area (Å²) in [6.07, 6.45) is 4.76. The predicted octanol–water partition coefficient (Wildman–Crippen LogP) is 2.60. The number of benzene rings is 1. The van der Waals surface area contributed by atoms with Crippen LogP contribution in [0, 0.1) is 6.92 Å². The number of tetrazole rings is 1. The Kier molecular flexibility index (Phi) is 9.63. The van der Waals surface area contributed by atoms with Gasteiger partial charge < -0.3 is 24.1 Å². The van der Waals surface area contributed by atoms with Crippen LogP contribution in [-0.2, 0) is 20.9 Å². The molecule has 1 aliphatic heterocycles. The molecule has 12 heteroatoms. The summed E-state index contributed by atoms with van der Waals surface area (Å²) < 4.78 is 16.6. The lowest BCUT2D eigenvalue weighted by Crippen LogP contribution is -2.48. The highest BCUT2D eigenvalue weighted by Gasteiger charge is 2.35. The first kappa shape index (κ1) is 28.7. The molecule has 0 spiro atoms. The van der Waals surface area contributed by atoms with Crippen LogP contribution in [0.25, 0.3) is 11.4 Å². The Bertz CT molecular complexity index is 1280. The molecule has 3 aromatic rings. The molecule has 2 amide bonds. The van der Waals surface area contributed by atoms with Gasteiger partial charge in [-0.05, 0) is 67.8 Å². The fourth-order valence-corrected chi connectivity index (χ4v) is 5.44. The van der Waals surface area contributed by atoms with E-state index in [0.29, 0.717) is 43.5 Å². The van der Waals surface area contributed by atoms with Crippen LogP contribution in [0.2, 0.25) is 0 Å². The van der Waals surface area contributed by atoms with Gasteiger partial charge in [-0.15, -0.1) is 10.2 Å². The number of methoxy groups -OCH3 is 1. The van der Waals surface area contributed by atoms with E-state index in [9.17, 15) is 9.59 Å². The van der Waals surface area contributed by atoms with Crippen LogP contribution in [0.5, 0.6) is 5.75 Å². The SMILES string of the molecule is COc1ccc(-c2nnn(CC(=O)N(CCCN3CCOCC3)[C@@H](C(=O)NC3CCCC3)c3ccc(C)o3)n2)cc1. The second-order valence-corrected chi connectivity index (χ2v) is 10.6. The van der Waals surface area contributed by atoms with Gasteiger partial charge in [-0.1, -0.05) is 12.8 Å². The van der Waals surface area contributed by atoms with E-state index in [1.54, 1.807) is 18.1 Å². The fourth-order valence-electron chi connectivity index (χ4n) is 5.44. The van der Waals surface area contributed by atoms with E-state index >= 15 is 0 Å². The van der Waals surface area contributed by atoms with Crippen molar-refractivity contribution in [2.24, 2.45) is 0 Å². The van der Waals surface area contributed by atoms with Crippen molar-refractivity contribution in [2.45, 2.75) is 57.7 Å². The molecule has 0 unspecified atom stereocenters. The first-order valence-corrected chi connectivity index (χ1v) is 14.4. The summed E-state index contributed by atoms with van der Waals surface area (Å²) in [5.74, 6) is 1.74. The van der Waals surface area contributed by atoms with Crippen molar-refractivity contribution in [3.8, 4) is 17.1 Å². The Morgan fingerprint density at radius 1 is 1.12 bits per heavy atom. The highest BCUT2D eigenvalue weighted by atomic mass is 16.5. The molecule has 220 valence electrons. The molecular weight excluding hydrogens is 526 g/mol. The zero-order valence-electron chi connectivity index (χ0n) is 23.8. The number of nitrogens with zero attached hydrogens (tertiary/aromatic N) is 6. The maximum Gasteiger partial charge on any atom is 0.250 e. The Morgan fingerprint density at radius 3 is 2.56 bits per heavy atom. The number of aromatic nitrogens is 4. The zero-order valence-corrected chi connectivity index (χ0v) is 23.8. The molecule has 0 bridgehead atoms. The second kappa shape index (κ2) is 13.7. The molecule has 41 heavy (non-hydrogen) atoms. The van der Waals surface area contributed by atoms with Gasteiger partial charge in [0, 0.05) is 37.8 Å². The molecule has 2 fully saturated rings. The van der Waals surface area contributed by atoms with Gasteiger partial charge in [-0.2, -0.15) is 4.80 Å². The van der Waals surface area contributed by atoms with E-state index in [0.717, 1.165) is 56.6 Å². The molecule has 1 N–H and O–H groups in total. The minimum Gasteiger partial charge on any atom is -0.497 e. The van der Waals surface area contributed by atoms with Crippen molar-refractivity contribution in [1.29, 1.82) is 0 Å². The normalized spacial score (nSPS) is 16.9. The van der Waals surface area contributed by atoms with Crippen LogP contribution in [0.3, 0.4) is 0 Å². The molecule has 2 aromatic heterocycles.